The van der Waals surface area contributed by atoms with E-state index in [9.17, 15) is 9.18 Å². The Balaban J connectivity index is 1.79. The number of fused-ring (bicyclic) bond motifs is 3. The van der Waals surface area contributed by atoms with E-state index in [4.69, 9.17) is 0 Å². The number of hydrogen-bond acceptors (Lipinski definition) is 2. The van der Waals surface area contributed by atoms with Gasteiger partial charge in [0.1, 0.15) is 11.5 Å². The minimum Gasteiger partial charge on any atom is -0.355 e. The highest BCUT2D eigenvalue weighted by atomic mass is 19.1. The number of hydrogen-bond donors (Lipinski definition) is 2. The molecule has 5 nitrogen and oxygen atoms in total. The molecule has 1 aliphatic rings. The topological polar surface area (TPSA) is 64.8 Å². The summed E-state index contributed by atoms with van der Waals surface area (Å²) in [5.41, 5.74) is 4.87. The molecule has 1 aromatic carbocycles. The van der Waals surface area contributed by atoms with Crippen molar-refractivity contribution in [2.24, 2.45) is 0 Å². The maximum Gasteiger partial charge on any atom is 0.274 e. The Bertz CT molecular complexity index is 955. The smallest absolute Gasteiger partial charge is 0.274 e. The summed E-state index contributed by atoms with van der Waals surface area (Å²) in [6.45, 7) is 6.95. The van der Waals surface area contributed by atoms with Crippen molar-refractivity contribution >= 4 is 16.8 Å². The molecule has 2 N–H and O–H groups in total. The van der Waals surface area contributed by atoms with Crippen LogP contribution in [0.25, 0.3) is 10.9 Å². The molecule has 0 saturated heterocycles. The second-order valence-electron chi connectivity index (χ2n) is 6.65. The van der Waals surface area contributed by atoms with Gasteiger partial charge in [0.25, 0.3) is 5.91 Å². The average Bonchev–Trinajstić information content (AvgIpc) is 3.15. The number of nitrogens with one attached hydrogen (secondary N) is 2. The van der Waals surface area contributed by atoms with Gasteiger partial charge in [-0.2, -0.15) is 5.10 Å². The number of aryl methyl sites for hydroxylation is 2. The first-order valence-electron chi connectivity index (χ1n) is 8.06. The molecule has 1 unspecified atom stereocenters. The lowest BCUT2D eigenvalue weighted by atomic mass is 9.95. The van der Waals surface area contributed by atoms with Crippen LogP contribution in [0.5, 0.6) is 0 Å². The number of halogens is 1. The molecule has 1 amide bonds. The molecule has 0 radical (unpaired) electrons. The first-order chi connectivity index (χ1) is 11.5. The third-order valence-electron chi connectivity index (χ3n) is 4.80. The van der Waals surface area contributed by atoms with Crippen molar-refractivity contribution in [3.63, 3.8) is 0 Å². The van der Waals surface area contributed by atoms with Gasteiger partial charge < -0.3 is 9.88 Å². The molecule has 3 heterocycles. The Kier molecular flexibility index (Phi) is 3.23. The maximum absolute atomic E-state index is 14.2. The van der Waals surface area contributed by atoms with Crippen molar-refractivity contribution in [3.05, 3.63) is 52.2 Å². The Labute approximate surface area is 138 Å². The van der Waals surface area contributed by atoms with Gasteiger partial charge in [-0.05, 0) is 31.5 Å². The summed E-state index contributed by atoms with van der Waals surface area (Å²) in [6.07, 6.45) is 0. The molecule has 0 saturated carbocycles. The molecule has 124 valence electrons. The summed E-state index contributed by atoms with van der Waals surface area (Å²) < 4.78 is 14.2. The maximum atomic E-state index is 14.2. The van der Waals surface area contributed by atoms with Crippen LogP contribution in [0.4, 0.5) is 4.39 Å². The molecule has 1 aliphatic heterocycles. The quantitative estimate of drug-likeness (QED) is 0.720. The van der Waals surface area contributed by atoms with Crippen LogP contribution < -0.4 is 0 Å². The Morgan fingerprint density at radius 2 is 2.17 bits per heavy atom. The minimum absolute atomic E-state index is 0.0970. The second kappa shape index (κ2) is 5.19. The highest BCUT2D eigenvalue weighted by molar-refractivity contribution is 5.94. The van der Waals surface area contributed by atoms with Crippen LogP contribution in [-0.4, -0.2) is 32.5 Å². The molecule has 0 bridgehead atoms. The minimum atomic E-state index is -0.252. The Morgan fingerprint density at radius 1 is 1.38 bits per heavy atom. The number of aromatic nitrogens is 3. The van der Waals surface area contributed by atoms with Crippen LogP contribution >= 0.6 is 0 Å². The summed E-state index contributed by atoms with van der Waals surface area (Å²) >= 11 is 0. The summed E-state index contributed by atoms with van der Waals surface area (Å²) in [5.74, 6) is -0.234. The van der Waals surface area contributed by atoms with Crippen molar-refractivity contribution in [3.8, 4) is 0 Å². The van der Waals surface area contributed by atoms with E-state index in [1.807, 2.05) is 13.8 Å². The number of benzene rings is 1. The molecule has 0 fully saturated rings. The molecule has 0 spiro atoms. The van der Waals surface area contributed by atoms with Gasteiger partial charge in [0.2, 0.25) is 0 Å². The second-order valence-corrected chi connectivity index (χ2v) is 6.65. The fraction of sp³-hybridized carbons (Fsp3) is 0.333. The van der Waals surface area contributed by atoms with E-state index in [-0.39, 0.29) is 17.6 Å². The van der Waals surface area contributed by atoms with Crippen LogP contribution in [0, 0.1) is 19.7 Å². The molecule has 0 aliphatic carbocycles. The van der Waals surface area contributed by atoms with Crippen molar-refractivity contribution in [1.29, 1.82) is 0 Å². The van der Waals surface area contributed by atoms with Gasteiger partial charge >= 0.3 is 0 Å². The van der Waals surface area contributed by atoms with Crippen LogP contribution in [0.1, 0.15) is 45.8 Å². The van der Waals surface area contributed by atoms with Crippen LogP contribution in [0.15, 0.2) is 18.2 Å². The number of rotatable bonds is 1. The van der Waals surface area contributed by atoms with Gasteiger partial charge in [0.15, 0.2) is 0 Å². The van der Waals surface area contributed by atoms with Gasteiger partial charge in [-0.3, -0.25) is 9.89 Å². The van der Waals surface area contributed by atoms with E-state index >= 15 is 0 Å². The van der Waals surface area contributed by atoms with E-state index in [1.165, 1.54) is 6.07 Å². The standard InChI is InChI=1S/C18H19FN4O/c1-9-4-5-13(19)17-15(9)12-8-23(7-10(2)16(12)20-17)18(24)14-6-11(3)21-22-14/h4-6,10,20H,7-8H2,1-3H3,(H,21,22). The lowest BCUT2D eigenvalue weighted by molar-refractivity contribution is 0.0715. The van der Waals surface area contributed by atoms with Crippen molar-refractivity contribution < 1.29 is 9.18 Å². The third-order valence-corrected chi connectivity index (χ3v) is 4.80. The Morgan fingerprint density at radius 3 is 2.88 bits per heavy atom. The number of nitrogens with zero attached hydrogens (tertiary/aromatic N) is 2. The van der Waals surface area contributed by atoms with Gasteiger partial charge in [0.05, 0.1) is 5.52 Å². The van der Waals surface area contributed by atoms with Crippen molar-refractivity contribution in [2.45, 2.75) is 33.2 Å². The SMILES string of the molecule is Cc1cc(C(=O)N2Cc3c([nH]c4c(F)ccc(C)c34)C(C)C2)n[nH]1. The highest BCUT2D eigenvalue weighted by Crippen LogP contribution is 2.36. The average molecular weight is 326 g/mol. The Hall–Kier alpha value is -2.63. The predicted octanol–water partition coefficient (Wildman–Crippen LogP) is 3.41. The van der Waals surface area contributed by atoms with Crippen molar-refractivity contribution in [2.75, 3.05) is 6.54 Å². The molecule has 24 heavy (non-hydrogen) atoms. The molecule has 1 atom stereocenters. The van der Waals surface area contributed by atoms with Crippen molar-refractivity contribution in [1.82, 2.24) is 20.1 Å². The fourth-order valence-corrected chi connectivity index (χ4v) is 3.64. The molecule has 6 heteroatoms. The van der Waals surface area contributed by atoms with E-state index < -0.39 is 0 Å². The molecule has 4 rings (SSSR count). The van der Waals surface area contributed by atoms with Gasteiger partial charge in [-0.15, -0.1) is 0 Å². The van der Waals surface area contributed by atoms with Gasteiger partial charge in [-0.1, -0.05) is 13.0 Å². The summed E-state index contributed by atoms with van der Waals surface area (Å²) in [7, 11) is 0. The first-order valence-corrected chi connectivity index (χ1v) is 8.06. The zero-order chi connectivity index (χ0) is 17.0. The van der Waals surface area contributed by atoms with E-state index in [0.29, 0.717) is 24.3 Å². The molecular formula is C18H19FN4O. The fourth-order valence-electron chi connectivity index (χ4n) is 3.64. The predicted molar refractivity (Wildman–Crippen MR) is 89.5 cm³/mol. The number of carbonyl (C=O) groups excluding carboxylic acids is 1. The number of amides is 1. The zero-order valence-corrected chi connectivity index (χ0v) is 13.9. The van der Waals surface area contributed by atoms with E-state index in [2.05, 4.69) is 22.1 Å². The normalized spacial score (nSPS) is 17.3. The lowest BCUT2D eigenvalue weighted by Crippen LogP contribution is -2.37. The van der Waals surface area contributed by atoms with E-state index in [0.717, 1.165) is 27.9 Å². The van der Waals surface area contributed by atoms with Crippen LogP contribution in [0.2, 0.25) is 0 Å². The largest absolute Gasteiger partial charge is 0.355 e. The van der Waals surface area contributed by atoms with Crippen LogP contribution in [-0.2, 0) is 6.54 Å². The molecular weight excluding hydrogens is 307 g/mol. The summed E-state index contributed by atoms with van der Waals surface area (Å²) in [4.78, 5) is 17.8. The van der Waals surface area contributed by atoms with Crippen LogP contribution in [0.3, 0.4) is 0 Å². The zero-order valence-electron chi connectivity index (χ0n) is 13.9. The van der Waals surface area contributed by atoms with Gasteiger partial charge in [0, 0.05) is 41.3 Å². The number of aromatic amines is 2. The number of carbonyl (C=O) groups is 1. The number of H-pyrrole nitrogens is 2. The first kappa shape index (κ1) is 14.9. The molecule has 2 aromatic heterocycles. The summed E-state index contributed by atoms with van der Waals surface area (Å²) in [5, 5.41) is 7.77. The monoisotopic (exact) mass is 326 g/mol. The lowest BCUT2D eigenvalue weighted by Gasteiger charge is -2.31. The molecule has 3 aromatic rings. The highest BCUT2D eigenvalue weighted by Gasteiger charge is 2.31. The van der Waals surface area contributed by atoms with Gasteiger partial charge in [-0.25, -0.2) is 4.39 Å². The third kappa shape index (κ3) is 2.13. The van der Waals surface area contributed by atoms with E-state index in [1.54, 1.807) is 17.0 Å². The summed E-state index contributed by atoms with van der Waals surface area (Å²) in [6, 6.07) is 5.02.